The maximum Gasteiger partial charge on any atom is 0.0675 e. The molecule has 2 aliphatic rings. The molecule has 0 aromatic carbocycles. The SMILES string of the molecule is CN1CCC2(CCNCC2C#N)C1. The number of nitrogens with one attached hydrogen (secondary N) is 1. The van der Waals surface area contributed by atoms with Gasteiger partial charge in [-0.15, -0.1) is 0 Å². The second kappa shape index (κ2) is 3.28. The first kappa shape index (κ1) is 8.98. The smallest absolute Gasteiger partial charge is 0.0675 e. The van der Waals surface area contributed by atoms with Crippen LogP contribution in [0.2, 0.25) is 0 Å². The van der Waals surface area contributed by atoms with Crippen LogP contribution in [-0.2, 0) is 0 Å². The topological polar surface area (TPSA) is 39.1 Å². The largest absolute Gasteiger partial charge is 0.315 e. The summed E-state index contributed by atoms with van der Waals surface area (Å²) in [5.74, 6) is 0.228. The molecule has 2 aliphatic heterocycles. The van der Waals surface area contributed by atoms with Crippen LogP contribution in [0.1, 0.15) is 12.8 Å². The monoisotopic (exact) mass is 179 g/mol. The summed E-state index contributed by atoms with van der Waals surface area (Å²) in [7, 11) is 2.16. The maximum atomic E-state index is 9.09. The molecule has 1 N–H and O–H groups in total. The quantitative estimate of drug-likeness (QED) is 0.586. The van der Waals surface area contributed by atoms with Crippen molar-refractivity contribution in [1.29, 1.82) is 5.26 Å². The molecule has 2 rings (SSSR count). The van der Waals surface area contributed by atoms with E-state index in [0.717, 1.165) is 26.2 Å². The second-order valence-corrected chi connectivity index (χ2v) is 4.49. The van der Waals surface area contributed by atoms with Gasteiger partial charge in [0.15, 0.2) is 0 Å². The molecule has 3 nitrogen and oxygen atoms in total. The summed E-state index contributed by atoms with van der Waals surface area (Å²) in [5, 5.41) is 12.4. The summed E-state index contributed by atoms with van der Waals surface area (Å²) in [6.45, 7) is 4.27. The number of hydrogen-bond donors (Lipinski definition) is 1. The average molecular weight is 179 g/mol. The first-order valence-corrected chi connectivity index (χ1v) is 5.06. The lowest BCUT2D eigenvalue weighted by Crippen LogP contribution is -2.45. The predicted octanol–water partition coefficient (Wildman–Crippen LogP) is 0.441. The Bertz CT molecular complexity index is 229. The fraction of sp³-hybridized carbons (Fsp3) is 0.900. The van der Waals surface area contributed by atoms with Gasteiger partial charge in [0, 0.05) is 18.5 Å². The number of rotatable bonds is 0. The van der Waals surface area contributed by atoms with Gasteiger partial charge in [0.25, 0.3) is 0 Å². The van der Waals surface area contributed by atoms with Crippen molar-refractivity contribution >= 4 is 0 Å². The third-order valence-corrected chi connectivity index (χ3v) is 3.62. The summed E-state index contributed by atoms with van der Waals surface area (Å²) in [6.07, 6.45) is 2.39. The van der Waals surface area contributed by atoms with E-state index in [1.54, 1.807) is 0 Å². The lowest BCUT2D eigenvalue weighted by atomic mass is 9.71. The van der Waals surface area contributed by atoms with Crippen LogP contribution in [0.3, 0.4) is 0 Å². The molecule has 0 aromatic rings. The number of nitriles is 1. The molecule has 0 bridgehead atoms. The Hall–Kier alpha value is -0.590. The molecule has 0 amide bonds. The van der Waals surface area contributed by atoms with Gasteiger partial charge < -0.3 is 10.2 Å². The minimum absolute atomic E-state index is 0.228. The van der Waals surface area contributed by atoms with E-state index in [1.807, 2.05) is 0 Å². The van der Waals surface area contributed by atoms with Crippen molar-refractivity contribution in [3.05, 3.63) is 0 Å². The Morgan fingerprint density at radius 1 is 1.54 bits per heavy atom. The Morgan fingerprint density at radius 3 is 3.00 bits per heavy atom. The van der Waals surface area contributed by atoms with Crippen LogP contribution in [0.25, 0.3) is 0 Å². The van der Waals surface area contributed by atoms with Gasteiger partial charge in [-0.05, 0) is 33.0 Å². The summed E-state index contributed by atoms with van der Waals surface area (Å²) < 4.78 is 0. The number of hydrogen-bond acceptors (Lipinski definition) is 3. The van der Waals surface area contributed by atoms with E-state index >= 15 is 0 Å². The van der Waals surface area contributed by atoms with Crippen molar-refractivity contribution in [3.8, 4) is 6.07 Å². The van der Waals surface area contributed by atoms with Crippen LogP contribution in [-0.4, -0.2) is 38.1 Å². The molecule has 0 aromatic heterocycles. The first-order chi connectivity index (χ1) is 6.27. The summed E-state index contributed by atoms with van der Waals surface area (Å²) >= 11 is 0. The minimum Gasteiger partial charge on any atom is -0.315 e. The average Bonchev–Trinajstić information content (AvgIpc) is 2.49. The third-order valence-electron chi connectivity index (χ3n) is 3.62. The van der Waals surface area contributed by atoms with Crippen LogP contribution in [0.5, 0.6) is 0 Å². The molecule has 0 aliphatic carbocycles. The summed E-state index contributed by atoms with van der Waals surface area (Å²) in [5.41, 5.74) is 0.314. The number of likely N-dealkylation sites (tertiary alicyclic amines) is 1. The van der Waals surface area contributed by atoms with Gasteiger partial charge >= 0.3 is 0 Å². The Morgan fingerprint density at radius 2 is 2.38 bits per heavy atom. The van der Waals surface area contributed by atoms with E-state index in [-0.39, 0.29) is 5.92 Å². The van der Waals surface area contributed by atoms with Crippen molar-refractivity contribution in [3.63, 3.8) is 0 Å². The van der Waals surface area contributed by atoms with Crippen molar-refractivity contribution in [1.82, 2.24) is 10.2 Å². The highest BCUT2D eigenvalue weighted by Gasteiger charge is 2.44. The third kappa shape index (κ3) is 1.45. The number of nitrogens with zero attached hydrogens (tertiary/aromatic N) is 2. The highest BCUT2D eigenvalue weighted by atomic mass is 15.1. The van der Waals surface area contributed by atoms with Crippen molar-refractivity contribution in [2.24, 2.45) is 11.3 Å². The zero-order valence-electron chi connectivity index (χ0n) is 8.21. The van der Waals surface area contributed by atoms with Crippen LogP contribution >= 0.6 is 0 Å². The zero-order chi connectivity index (χ0) is 9.31. The van der Waals surface area contributed by atoms with Gasteiger partial charge in [-0.3, -0.25) is 0 Å². The van der Waals surface area contributed by atoms with Gasteiger partial charge in [-0.1, -0.05) is 0 Å². The molecular weight excluding hydrogens is 162 g/mol. The normalized spacial score (nSPS) is 40.8. The molecule has 3 heteroatoms. The predicted molar refractivity (Wildman–Crippen MR) is 51.1 cm³/mol. The molecule has 72 valence electrons. The molecule has 2 saturated heterocycles. The van der Waals surface area contributed by atoms with Crippen LogP contribution < -0.4 is 5.32 Å². The molecule has 0 saturated carbocycles. The van der Waals surface area contributed by atoms with Gasteiger partial charge in [0.1, 0.15) is 0 Å². The lowest BCUT2D eigenvalue weighted by Gasteiger charge is -2.37. The number of piperidine rings is 1. The van der Waals surface area contributed by atoms with Crippen molar-refractivity contribution in [2.45, 2.75) is 12.8 Å². The highest BCUT2D eigenvalue weighted by molar-refractivity contribution is 5.05. The molecule has 0 radical (unpaired) electrons. The highest BCUT2D eigenvalue weighted by Crippen LogP contribution is 2.41. The van der Waals surface area contributed by atoms with E-state index < -0.39 is 0 Å². The van der Waals surface area contributed by atoms with E-state index in [4.69, 9.17) is 5.26 Å². The summed E-state index contributed by atoms with van der Waals surface area (Å²) in [6, 6.07) is 2.47. The molecule has 2 heterocycles. The zero-order valence-corrected chi connectivity index (χ0v) is 8.21. The molecule has 1 spiro atoms. The van der Waals surface area contributed by atoms with E-state index in [1.165, 1.54) is 12.8 Å². The summed E-state index contributed by atoms with van der Waals surface area (Å²) in [4.78, 5) is 2.36. The molecule has 2 fully saturated rings. The van der Waals surface area contributed by atoms with Gasteiger partial charge in [-0.2, -0.15) is 5.26 Å². The lowest BCUT2D eigenvalue weighted by molar-refractivity contribution is 0.156. The van der Waals surface area contributed by atoms with E-state index in [2.05, 4.69) is 23.3 Å². The molecule has 13 heavy (non-hydrogen) atoms. The van der Waals surface area contributed by atoms with E-state index in [0.29, 0.717) is 5.41 Å². The Labute approximate surface area is 79.7 Å². The van der Waals surface area contributed by atoms with Crippen LogP contribution in [0, 0.1) is 22.7 Å². The van der Waals surface area contributed by atoms with Gasteiger partial charge in [0.05, 0.1) is 12.0 Å². The van der Waals surface area contributed by atoms with Crippen molar-refractivity contribution in [2.75, 3.05) is 33.2 Å². The standard InChI is InChI=1S/C10H17N3/c1-13-5-3-10(8-13)2-4-12-7-9(10)6-11/h9,12H,2-5,7-8H2,1H3. The molecule has 2 unspecified atom stereocenters. The van der Waals surface area contributed by atoms with Crippen LogP contribution in [0.15, 0.2) is 0 Å². The fourth-order valence-electron chi connectivity index (χ4n) is 2.75. The Kier molecular flexibility index (Phi) is 2.27. The van der Waals surface area contributed by atoms with Gasteiger partial charge in [0.2, 0.25) is 0 Å². The first-order valence-electron chi connectivity index (χ1n) is 5.06. The minimum atomic E-state index is 0.228. The Balaban J connectivity index is 2.14. The van der Waals surface area contributed by atoms with Crippen LogP contribution in [0.4, 0.5) is 0 Å². The van der Waals surface area contributed by atoms with Gasteiger partial charge in [-0.25, -0.2) is 0 Å². The fourth-order valence-corrected chi connectivity index (χ4v) is 2.75. The second-order valence-electron chi connectivity index (χ2n) is 4.49. The molecule has 2 atom stereocenters. The molecular formula is C10H17N3. The van der Waals surface area contributed by atoms with Crippen molar-refractivity contribution < 1.29 is 0 Å². The van der Waals surface area contributed by atoms with E-state index in [9.17, 15) is 0 Å². The maximum absolute atomic E-state index is 9.09.